The normalized spacial score (nSPS) is 12.1. The van der Waals surface area contributed by atoms with Crippen LogP contribution in [0.25, 0.3) is 11.0 Å². The van der Waals surface area contributed by atoms with Crippen molar-refractivity contribution in [3.8, 4) is 0 Å². The van der Waals surface area contributed by atoms with E-state index in [1.807, 2.05) is 60.7 Å². The summed E-state index contributed by atoms with van der Waals surface area (Å²) in [6.07, 6.45) is 0. The predicted molar refractivity (Wildman–Crippen MR) is 75.9 cm³/mol. The number of para-hydroxylation sites is 1. The number of fused-ring (bicyclic) bond motifs is 1. The van der Waals surface area contributed by atoms with Crippen LogP contribution in [0.15, 0.2) is 65.1 Å². The molecule has 0 radical (unpaired) electrons. The Morgan fingerprint density at radius 2 is 1.56 bits per heavy atom. The van der Waals surface area contributed by atoms with E-state index in [1.54, 1.807) is 0 Å². The van der Waals surface area contributed by atoms with Gasteiger partial charge >= 0.3 is 0 Å². The molecule has 0 spiro atoms. The Balaban J connectivity index is 0.00000120. The fraction of sp³-hybridized carbons (Fsp3) is 0.0667. The first-order valence-electron chi connectivity index (χ1n) is 5.63. The maximum atomic E-state index is 6.19. The lowest BCUT2D eigenvalue weighted by Crippen LogP contribution is -2.10. The maximum absolute atomic E-state index is 6.19. The second-order valence-electron chi connectivity index (χ2n) is 4.07. The summed E-state index contributed by atoms with van der Waals surface area (Å²) in [4.78, 5) is 0. The van der Waals surface area contributed by atoms with Crippen LogP contribution in [0.2, 0.25) is 0 Å². The average Bonchev–Trinajstić information content (AvgIpc) is 2.82. The molecule has 0 amide bonds. The zero-order chi connectivity index (χ0) is 11.7. The molecule has 3 rings (SSSR count). The molecule has 3 aromatic rings. The number of hydrogen-bond donors (Lipinski definition) is 1. The summed E-state index contributed by atoms with van der Waals surface area (Å²) in [7, 11) is 0. The van der Waals surface area contributed by atoms with Crippen molar-refractivity contribution < 1.29 is 4.42 Å². The Morgan fingerprint density at radius 1 is 0.889 bits per heavy atom. The van der Waals surface area contributed by atoms with Gasteiger partial charge in [0.2, 0.25) is 0 Å². The lowest BCUT2D eigenvalue weighted by atomic mass is 10.1. The lowest BCUT2D eigenvalue weighted by Gasteiger charge is -2.07. The van der Waals surface area contributed by atoms with E-state index in [4.69, 9.17) is 10.2 Å². The average molecular weight is 260 g/mol. The quantitative estimate of drug-likeness (QED) is 0.758. The third-order valence-electron chi connectivity index (χ3n) is 2.91. The molecule has 92 valence electrons. The first kappa shape index (κ1) is 12.7. The van der Waals surface area contributed by atoms with E-state index in [2.05, 4.69) is 0 Å². The predicted octanol–water partition coefficient (Wildman–Crippen LogP) is 3.90. The summed E-state index contributed by atoms with van der Waals surface area (Å²) >= 11 is 0. The van der Waals surface area contributed by atoms with Gasteiger partial charge in [-0.05, 0) is 17.7 Å². The van der Waals surface area contributed by atoms with Gasteiger partial charge in [-0.2, -0.15) is 0 Å². The molecule has 3 heteroatoms. The molecule has 0 saturated heterocycles. The van der Waals surface area contributed by atoms with Gasteiger partial charge in [0.1, 0.15) is 11.3 Å². The van der Waals surface area contributed by atoms with Gasteiger partial charge in [0.25, 0.3) is 0 Å². The SMILES string of the molecule is Cl.NC(c1ccccc1)c1cc2ccccc2o1. The Hall–Kier alpha value is -1.77. The number of furan rings is 1. The topological polar surface area (TPSA) is 39.2 Å². The Labute approximate surface area is 112 Å². The van der Waals surface area contributed by atoms with Crippen LogP contribution >= 0.6 is 12.4 Å². The molecule has 0 bridgehead atoms. The van der Waals surface area contributed by atoms with Crippen LogP contribution in [0.5, 0.6) is 0 Å². The van der Waals surface area contributed by atoms with Crippen molar-refractivity contribution in [3.63, 3.8) is 0 Å². The van der Waals surface area contributed by atoms with Gasteiger partial charge in [0, 0.05) is 5.39 Å². The second-order valence-corrected chi connectivity index (χ2v) is 4.07. The highest BCUT2D eigenvalue weighted by atomic mass is 35.5. The third-order valence-corrected chi connectivity index (χ3v) is 2.91. The molecule has 0 aliphatic carbocycles. The minimum Gasteiger partial charge on any atom is -0.459 e. The molecule has 18 heavy (non-hydrogen) atoms. The van der Waals surface area contributed by atoms with E-state index in [0.29, 0.717) is 0 Å². The van der Waals surface area contributed by atoms with Crippen LogP contribution in [0.4, 0.5) is 0 Å². The molecule has 0 aliphatic rings. The van der Waals surface area contributed by atoms with Gasteiger partial charge in [0.05, 0.1) is 6.04 Å². The Morgan fingerprint density at radius 3 is 2.28 bits per heavy atom. The number of rotatable bonds is 2. The van der Waals surface area contributed by atoms with Crippen molar-refractivity contribution in [1.82, 2.24) is 0 Å². The van der Waals surface area contributed by atoms with E-state index in [1.165, 1.54) is 0 Å². The summed E-state index contributed by atoms with van der Waals surface area (Å²) in [6.45, 7) is 0. The monoisotopic (exact) mass is 259 g/mol. The molecule has 0 fully saturated rings. The van der Waals surface area contributed by atoms with E-state index in [-0.39, 0.29) is 18.4 Å². The van der Waals surface area contributed by atoms with Crippen molar-refractivity contribution in [2.45, 2.75) is 6.04 Å². The van der Waals surface area contributed by atoms with Gasteiger partial charge < -0.3 is 10.2 Å². The zero-order valence-corrected chi connectivity index (χ0v) is 10.6. The van der Waals surface area contributed by atoms with Gasteiger partial charge in [-0.25, -0.2) is 0 Å². The highest BCUT2D eigenvalue weighted by molar-refractivity contribution is 5.85. The molecule has 1 aromatic heterocycles. The minimum atomic E-state index is -0.205. The summed E-state index contributed by atoms with van der Waals surface area (Å²) in [5.41, 5.74) is 8.13. The Kier molecular flexibility index (Phi) is 3.70. The van der Waals surface area contributed by atoms with Crippen LogP contribution < -0.4 is 5.73 Å². The number of benzene rings is 2. The third kappa shape index (κ3) is 2.26. The molecule has 2 N–H and O–H groups in total. The van der Waals surface area contributed by atoms with Crippen molar-refractivity contribution in [2.24, 2.45) is 5.73 Å². The van der Waals surface area contributed by atoms with Crippen LogP contribution in [0.3, 0.4) is 0 Å². The van der Waals surface area contributed by atoms with Crippen LogP contribution in [-0.2, 0) is 0 Å². The molecule has 1 unspecified atom stereocenters. The second kappa shape index (κ2) is 5.25. The number of halogens is 1. The lowest BCUT2D eigenvalue weighted by molar-refractivity contribution is 0.525. The molecule has 2 aromatic carbocycles. The standard InChI is InChI=1S/C15H13NO.ClH/c16-15(11-6-2-1-3-7-11)14-10-12-8-4-5-9-13(12)17-14;/h1-10,15H,16H2;1H. The summed E-state index contributed by atoms with van der Waals surface area (Å²) in [5.74, 6) is 0.803. The highest BCUT2D eigenvalue weighted by Gasteiger charge is 2.13. The van der Waals surface area contributed by atoms with Crippen molar-refractivity contribution in [1.29, 1.82) is 0 Å². The van der Waals surface area contributed by atoms with E-state index in [9.17, 15) is 0 Å². The molecular weight excluding hydrogens is 246 g/mol. The largest absolute Gasteiger partial charge is 0.459 e. The van der Waals surface area contributed by atoms with E-state index < -0.39 is 0 Å². The van der Waals surface area contributed by atoms with E-state index in [0.717, 1.165) is 22.3 Å². The number of hydrogen-bond acceptors (Lipinski definition) is 2. The number of nitrogens with two attached hydrogens (primary N) is 1. The van der Waals surface area contributed by atoms with Crippen molar-refractivity contribution in [3.05, 3.63) is 72.0 Å². The van der Waals surface area contributed by atoms with Crippen LogP contribution in [-0.4, -0.2) is 0 Å². The molecule has 2 nitrogen and oxygen atoms in total. The fourth-order valence-electron chi connectivity index (χ4n) is 1.98. The first-order chi connectivity index (χ1) is 8.34. The summed E-state index contributed by atoms with van der Waals surface area (Å²) in [6, 6.07) is 19.7. The van der Waals surface area contributed by atoms with Crippen LogP contribution in [0.1, 0.15) is 17.4 Å². The van der Waals surface area contributed by atoms with Gasteiger partial charge in [-0.15, -0.1) is 12.4 Å². The smallest absolute Gasteiger partial charge is 0.134 e. The van der Waals surface area contributed by atoms with Crippen molar-refractivity contribution in [2.75, 3.05) is 0 Å². The molecule has 1 atom stereocenters. The van der Waals surface area contributed by atoms with Gasteiger partial charge in [0.15, 0.2) is 0 Å². The van der Waals surface area contributed by atoms with Crippen LogP contribution in [0, 0.1) is 0 Å². The summed E-state index contributed by atoms with van der Waals surface area (Å²) in [5, 5.41) is 1.09. The summed E-state index contributed by atoms with van der Waals surface area (Å²) < 4.78 is 5.76. The molecular formula is C15H14ClNO. The van der Waals surface area contributed by atoms with Gasteiger partial charge in [-0.1, -0.05) is 48.5 Å². The molecule has 0 aliphatic heterocycles. The van der Waals surface area contributed by atoms with E-state index >= 15 is 0 Å². The van der Waals surface area contributed by atoms with Crippen molar-refractivity contribution >= 4 is 23.4 Å². The Bertz CT molecular complexity index is 600. The molecule has 1 heterocycles. The minimum absolute atomic E-state index is 0. The maximum Gasteiger partial charge on any atom is 0.134 e. The zero-order valence-electron chi connectivity index (χ0n) is 9.74. The molecule has 0 saturated carbocycles. The first-order valence-corrected chi connectivity index (χ1v) is 5.63. The highest BCUT2D eigenvalue weighted by Crippen LogP contribution is 2.26. The fourth-order valence-corrected chi connectivity index (χ4v) is 1.98. The van der Waals surface area contributed by atoms with Gasteiger partial charge in [-0.3, -0.25) is 0 Å².